The number of nitrogens with one attached hydrogen (secondary N) is 3. The number of Topliss-reactive ketones (excluding diaryl/α,β-unsaturated/α-hetero) is 1. The summed E-state index contributed by atoms with van der Waals surface area (Å²) in [4.78, 5) is 123. The summed E-state index contributed by atoms with van der Waals surface area (Å²) >= 11 is 0. The number of carboxylic acid groups (broad SMARTS) is 5. The van der Waals surface area contributed by atoms with Gasteiger partial charge >= 0.3 is 35.9 Å². The lowest BCUT2D eigenvalue weighted by Gasteiger charge is -2.32. The lowest BCUT2D eigenvalue weighted by Crippen LogP contribution is -2.51. The van der Waals surface area contributed by atoms with E-state index in [-0.39, 0.29) is 141 Å². The Hall–Kier alpha value is -7.08. The average molecular weight is 978 g/mol. The molecule has 4 rings (SSSR count). The summed E-state index contributed by atoms with van der Waals surface area (Å²) in [7, 11) is 0. The summed E-state index contributed by atoms with van der Waals surface area (Å²) in [6, 6.07) is 12.3. The summed E-state index contributed by atoms with van der Waals surface area (Å²) in [6.45, 7) is 2.75. The summed E-state index contributed by atoms with van der Waals surface area (Å²) < 4.78 is 0. The van der Waals surface area contributed by atoms with Crippen molar-refractivity contribution in [3.8, 4) is 0 Å². The molecule has 23 nitrogen and oxygen atoms in total. The van der Waals surface area contributed by atoms with Gasteiger partial charge in [0.25, 0.3) is 5.91 Å². The molecule has 1 aliphatic rings. The summed E-state index contributed by atoms with van der Waals surface area (Å²) in [5.41, 5.74) is 1.64. The van der Waals surface area contributed by atoms with Crippen molar-refractivity contribution in [1.82, 2.24) is 45.4 Å². The average Bonchev–Trinajstić information content (AvgIpc) is 3.30. The monoisotopic (exact) mass is 977 g/mol. The molecule has 380 valence electrons. The normalized spacial score (nSPS) is 15.3. The van der Waals surface area contributed by atoms with Gasteiger partial charge in [-0.3, -0.25) is 48.6 Å². The van der Waals surface area contributed by atoms with E-state index < -0.39 is 48.0 Å². The molecule has 0 radical (unpaired) electrons. The van der Waals surface area contributed by atoms with Gasteiger partial charge in [0, 0.05) is 89.0 Å². The molecule has 0 aliphatic carbocycles. The fraction of sp³-hybridized carbons (Fsp3) is 0.489. The third kappa shape index (κ3) is 19.9. The Morgan fingerprint density at radius 3 is 1.63 bits per heavy atom. The zero-order valence-electron chi connectivity index (χ0n) is 39.2. The van der Waals surface area contributed by atoms with E-state index in [1.54, 1.807) is 50.1 Å². The minimum absolute atomic E-state index is 0.0396. The van der Waals surface area contributed by atoms with Gasteiger partial charge in [0.2, 0.25) is 5.91 Å². The van der Waals surface area contributed by atoms with Crippen molar-refractivity contribution in [2.24, 2.45) is 0 Å². The fourth-order valence-corrected chi connectivity index (χ4v) is 7.81. The molecular weight excluding hydrogens is 915 g/mol. The van der Waals surface area contributed by atoms with Crippen molar-refractivity contribution in [3.05, 3.63) is 77.6 Å². The first-order valence-corrected chi connectivity index (χ1v) is 22.9. The Bertz CT molecular complexity index is 2260. The number of aromatic nitrogens is 1. The van der Waals surface area contributed by atoms with Crippen molar-refractivity contribution in [2.45, 2.75) is 64.2 Å². The second-order valence-electron chi connectivity index (χ2n) is 17.1. The maximum Gasteiger partial charge on any atom is 0.326 e. The number of amides is 4. The van der Waals surface area contributed by atoms with Crippen LogP contribution in [-0.2, 0) is 46.7 Å². The molecule has 2 atom stereocenters. The van der Waals surface area contributed by atoms with Crippen molar-refractivity contribution >= 4 is 64.2 Å². The summed E-state index contributed by atoms with van der Waals surface area (Å²) in [6.07, 6.45) is 1.93. The number of carboxylic acids is 5. The number of unbranched alkanes of at least 4 members (excludes halogenated alkanes) is 1. The van der Waals surface area contributed by atoms with E-state index in [1.807, 2.05) is 35.2 Å². The van der Waals surface area contributed by atoms with Crippen LogP contribution in [0.15, 0.2) is 60.8 Å². The molecule has 2 heterocycles. The zero-order valence-corrected chi connectivity index (χ0v) is 39.2. The second kappa shape index (κ2) is 28.4. The van der Waals surface area contributed by atoms with Gasteiger partial charge in [0.1, 0.15) is 17.9 Å². The highest BCUT2D eigenvalue weighted by Gasteiger charge is 2.26. The third-order valence-electron chi connectivity index (χ3n) is 11.6. The maximum absolute atomic E-state index is 14.2. The van der Waals surface area contributed by atoms with Gasteiger partial charge in [-0.15, -0.1) is 0 Å². The lowest BCUT2D eigenvalue weighted by atomic mass is 10.1. The van der Waals surface area contributed by atoms with Crippen LogP contribution in [0.5, 0.6) is 0 Å². The maximum atomic E-state index is 14.2. The molecule has 1 aliphatic heterocycles. The molecule has 4 amide bonds. The number of aliphatic carboxylic acids is 5. The molecule has 1 saturated heterocycles. The molecule has 0 bridgehead atoms. The van der Waals surface area contributed by atoms with E-state index in [9.17, 15) is 68.7 Å². The number of benzene rings is 2. The summed E-state index contributed by atoms with van der Waals surface area (Å²) in [5, 5.41) is 56.9. The fourth-order valence-electron chi connectivity index (χ4n) is 7.81. The Morgan fingerprint density at radius 1 is 0.629 bits per heavy atom. The van der Waals surface area contributed by atoms with Crippen LogP contribution in [0.1, 0.15) is 60.6 Å². The smallest absolute Gasteiger partial charge is 0.326 e. The first-order valence-electron chi connectivity index (χ1n) is 22.9. The number of carbonyl (C=O) groups is 9. The Kier molecular flexibility index (Phi) is 22.5. The van der Waals surface area contributed by atoms with Crippen LogP contribution in [0.4, 0.5) is 4.79 Å². The first kappa shape index (κ1) is 55.5. The predicted octanol–water partition coefficient (Wildman–Crippen LogP) is 0.714. The number of nitrogens with zero attached hydrogens (tertiary/aromatic N) is 6. The minimum atomic E-state index is -1.40. The van der Waals surface area contributed by atoms with E-state index in [0.717, 1.165) is 10.8 Å². The highest BCUT2D eigenvalue weighted by molar-refractivity contribution is 5.95. The molecule has 2 aromatic carbocycles. The van der Waals surface area contributed by atoms with E-state index in [2.05, 4.69) is 20.9 Å². The van der Waals surface area contributed by atoms with Crippen LogP contribution in [0.3, 0.4) is 0 Å². The van der Waals surface area contributed by atoms with Crippen LogP contribution in [0.2, 0.25) is 0 Å². The van der Waals surface area contributed by atoms with Gasteiger partial charge in [-0.1, -0.05) is 36.4 Å². The van der Waals surface area contributed by atoms with Gasteiger partial charge in [-0.25, -0.2) is 14.4 Å². The highest BCUT2D eigenvalue weighted by atomic mass is 16.4. The largest absolute Gasteiger partial charge is 0.480 e. The number of hydrogen-bond acceptors (Lipinski definition) is 14. The van der Waals surface area contributed by atoms with Gasteiger partial charge in [-0.05, 0) is 61.8 Å². The van der Waals surface area contributed by atoms with Crippen LogP contribution >= 0.6 is 0 Å². The Morgan fingerprint density at radius 2 is 1.13 bits per heavy atom. The second-order valence-corrected chi connectivity index (χ2v) is 17.1. The quantitative estimate of drug-likeness (QED) is 0.0542. The van der Waals surface area contributed by atoms with Gasteiger partial charge in [-0.2, -0.15) is 0 Å². The van der Waals surface area contributed by atoms with Crippen molar-refractivity contribution < 1.29 is 68.7 Å². The Balaban J connectivity index is 1.40. The molecule has 70 heavy (non-hydrogen) atoms. The zero-order chi connectivity index (χ0) is 51.2. The van der Waals surface area contributed by atoms with E-state index >= 15 is 0 Å². The number of rotatable bonds is 25. The number of hydrogen-bond donors (Lipinski definition) is 8. The molecular formula is C47H63N9O14. The number of pyridine rings is 1. The predicted molar refractivity (Wildman–Crippen MR) is 252 cm³/mol. The van der Waals surface area contributed by atoms with E-state index in [0.29, 0.717) is 23.2 Å². The Labute approximate surface area is 404 Å². The van der Waals surface area contributed by atoms with E-state index in [4.69, 9.17) is 0 Å². The van der Waals surface area contributed by atoms with Gasteiger partial charge in [0.15, 0.2) is 0 Å². The number of fused-ring (bicyclic) bond motifs is 1. The first-order chi connectivity index (χ1) is 33.4. The SMILES string of the molecule is CC(=O)CC[C@@H](NC(=O)N[C@H](CCCCN(Cc1nccc2ccccc12)C(=O)c1ccc(CNC(=O)CN2CCN(CC(=O)O)CCN(CC(=O)O)CCN(CC(=O)O)CC2)cc1)C(=O)O)C(=O)O. The number of urea groups is 1. The van der Waals surface area contributed by atoms with Gasteiger partial charge in [0.05, 0.1) is 38.4 Å². The molecule has 8 N–H and O–H groups in total. The van der Waals surface area contributed by atoms with Gasteiger partial charge < -0.3 is 51.2 Å². The molecule has 1 fully saturated rings. The molecule has 0 spiro atoms. The molecule has 0 unspecified atom stereocenters. The van der Waals surface area contributed by atoms with E-state index in [1.165, 1.54) is 6.92 Å². The topological polar surface area (TPSA) is 320 Å². The molecule has 23 heteroatoms. The van der Waals surface area contributed by atoms with Crippen LogP contribution in [-0.4, -0.2) is 206 Å². The lowest BCUT2D eigenvalue weighted by molar-refractivity contribution is -0.140. The highest BCUT2D eigenvalue weighted by Crippen LogP contribution is 2.20. The third-order valence-corrected chi connectivity index (χ3v) is 11.6. The number of ketones is 1. The van der Waals surface area contributed by atoms with Crippen molar-refractivity contribution in [1.29, 1.82) is 0 Å². The van der Waals surface area contributed by atoms with Crippen LogP contribution < -0.4 is 16.0 Å². The molecule has 1 aromatic heterocycles. The van der Waals surface area contributed by atoms with Crippen LogP contribution in [0, 0.1) is 0 Å². The molecule has 0 saturated carbocycles. The van der Waals surface area contributed by atoms with Crippen molar-refractivity contribution in [2.75, 3.05) is 85.1 Å². The minimum Gasteiger partial charge on any atom is -0.480 e. The van der Waals surface area contributed by atoms with Crippen molar-refractivity contribution in [3.63, 3.8) is 0 Å². The standard InChI is InChI=1S/C47H63N9O14/c1-32(57)9-14-38(46(68)69)51-47(70)50-37(45(66)67)8-4-5-17-56(27-39-36-7-3-2-6-34(36)15-16-48-39)44(65)35-12-10-33(11-13-35)26-49-40(58)28-52-18-20-53(29-41(59)60)22-24-55(31-43(63)64)25-23-54(21-19-52)30-42(61)62/h2-3,6-7,10-13,15-16,37-38H,4-5,8-9,14,17-31H2,1H3,(H,49,58)(H,59,60)(H,61,62)(H,63,64)(H,66,67)(H,68,69)(H2,50,51,70)/t37-,38-/m1/s1. The summed E-state index contributed by atoms with van der Waals surface area (Å²) in [5.74, 6) is -6.85. The molecule has 3 aromatic rings. The van der Waals surface area contributed by atoms with Crippen LogP contribution in [0.25, 0.3) is 10.8 Å². The number of carbonyl (C=O) groups excluding carboxylic acids is 4.